The Morgan fingerprint density at radius 1 is 1.05 bits per heavy atom. The minimum atomic E-state index is -0.558. The van der Waals surface area contributed by atoms with Crippen LogP contribution in [-0.2, 0) is 0 Å². The highest BCUT2D eigenvalue weighted by Gasteiger charge is 2.32. The maximum absolute atomic E-state index is 13.0. The van der Waals surface area contributed by atoms with E-state index in [9.17, 15) is 10.1 Å². The highest BCUT2D eigenvalue weighted by Crippen LogP contribution is 2.45. The van der Waals surface area contributed by atoms with E-state index in [0.717, 1.165) is 12.0 Å². The zero-order chi connectivity index (χ0) is 27.9. The van der Waals surface area contributed by atoms with Crippen molar-refractivity contribution in [1.82, 2.24) is 0 Å². The van der Waals surface area contributed by atoms with E-state index in [4.69, 9.17) is 29.4 Å². The molecule has 4 rings (SSSR count). The Labute approximate surface area is 228 Å². The van der Waals surface area contributed by atoms with Gasteiger partial charge in [0.1, 0.15) is 34.5 Å². The lowest BCUT2D eigenvalue weighted by Gasteiger charge is -2.27. The van der Waals surface area contributed by atoms with E-state index >= 15 is 0 Å². The summed E-state index contributed by atoms with van der Waals surface area (Å²) in [6.45, 7) is 7.15. The zero-order valence-electron chi connectivity index (χ0n) is 22.5. The van der Waals surface area contributed by atoms with Gasteiger partial charge in [-0.3, -0.25) is 0 Å². The second-order valence-electron chi connectivity index (χ2n) is 9.47. The minimum absolute atomic E-state index is 0.0177. The lowest BCUT2D eigenvalue weighted by atomic mass is 9.83. The number of nitrogens with zero attached hydrogens (tertiary/aromatic N) is 1. The molecule has 1 atom stereocenters. The second-order valence-corrected chi connectivity index (χ2v) is 9.47. The number of fused-ring (bicyclic) bond motifs is 1. The third kappa shape index (κ3) is 6.10. The first-order valence-corrected chi connectivity index (χ1v) is 12.8. The molecule has 0 bridgehead atoms. The number of rotatable bonds is 10. The standard InChI is InChI=1S/C31H32N2O6/c1-5-14-36-25-9-7-6-8-23(25)31(34)38-21-11-12-22-27(16-21)39-30(33)24(17-32)29(22)20-10-13-26(28(15-20)35-4)37-18-19(2)3/h6-13,15-16,19,29H,5,14,18,33H2,1-4H3. The molecule has 1 unspecified atom stereocenters. The van der Waals surface area contributed by atoms with Crippen molar-refractivity contribution in [3.05, 3.63) is 88.8 Å². The molecule has 2 N–H and O–H groups in total. The number of carbonyl (C=O) groups is 1. The van der Waals surface area contributed by atoms with Gasteiger partial charge < -0.3 is 29.4 Å². The molecule has 0 radical (unpaired) electrons. The summed E-state index contributed by atoms with van der Waals surface area (Å²) in [5.41, 5.74) is 8.24. The Morgan fingerprint density at radius 2 is 1.85 bits per heavy atom. The second kappa shape index (κ2) is 12.3. The Morgan fingerprint density at radius 3 is 2.56 bits per heavy atom. The lowest BCUT2D eigenvalue weighted by molar-refractivity contribution is 0.0730. The van der Waals surface area contributed by atoms with Crippen molar-refractivity contribution >= 4 is 5.97 Å². The first kappa shape index (κ1) is 27.4. The highest BCUT2D eigenvalue weighted by molar-refractivity contribution is 5.94. The van der Waals surface area contributed by atoms with Crippen LogP contribution in [0.25, 0.3) is 0 Å². The van der Waals surface area contributed by atoms with Crippen LogP contribution in [0.4, 0.5) is 0 Å². The van der Waals surface area contributed by atoms with Crippen molar-refractivity contribution in [2.75, 3.05) is 20.3 Å². The van der Waals surface area contributed by atoms with Crippen molar-refractivity contribution in [1.29, 1.82) is 5.26 Å². The molecular formula is C31H32N2O6. The van der Waals surface area contributed by atoms with Crippen LogP contribution in [-0.4, -0.2) is 26.3 Å². The molecule has 1 aliphatic rings. The minimum Gasteiger partial charge on any atom is -0.493 e. The molecule has 0 aliphatic carbocycles. The van der Waals surface area contributed by atoms with Crippen LogP contribution in [0.15, 0.2) is 72.1 Å². The fraction of sp³-hybridized carbons (Fsp3) is 0.290. The Hall–Kier alpha value is -4.64. The number of methoxy groups -OCH3 is 1. The van der Waals surface area contributed by atoms with E-state index in [-0.39, 0.29) is 17.2 Å². The van der Waals surface area contributed by atoms with Gasteiger partial charge in [-0.05, 0) is 48.2 Å². The summed E-state index contributed by atoms with van der Waals surface area (Å²) >= 11 is 0. The quantitative estimate of drug-likeness (QED) is 0.253. The third-order valence-electron chi connectivity index (χ3n) is 6.06. The van der Waals surface area contributed by atoms with E-state index < -0.39 is 11.9 Å². The van der Waals surface area contributed by atoms with Gasteiger partial charge >= 0.3 is 5.97 Å². The van der Waals surface area contributed by atoms with Crippen molar-refractivity contribution < 1.29 is 28.5 Å². The number of nitrogens with two attached hydrogens (primary N) is 1. The van der Waals surface area contributed by atoms with Crippen LogP contribution in [0.5, 0.6) is 28.7 Å². The normalized spacial score (nSPS) is 14.2. The monoisotopic (exact) mass is 528 g/mol. The molecule has 0 fully saturated rings. The number of nitriles is 1. The maximum atomic E-state index is 13.0. The summed E-state index contributed by atoms with van der Waals surface area (Å²) in [4.78, 5) is 13.0. The molecule has 0 saturated heterocycles. The van der Waals surface area contributed by atoms with Crippen LogP contribution in [0.1, 0.15) is 54.6 Å². The fourth-order valence-corrected chi connectivity index (χ4v) is 4.22. The number of para-hydroxylation sites is 1. The molecule has 39 heavy (non-hydrogen) atoms. The molecule has 0 aromatic heterocycles. The van der Waals surface area contributed by atoms with E-state index in [1.807, 2.05) is 25.1 Å². The number of ether oxygens (including phenoxy) is 5. The fourth-order valence-electron chi connectivity index (χ4n) is 4.22. The van der Waals surface area contributed by atoms with Crippen LogP contribution >= 0.6 is 0 Å². The Bertz CT molecular complexity index is 1420. The lowest BCUT2D eigenvalue weighted by Crippen LogP contribution is -2.21. The Kier molecular flexibility index (Phi) is 8.62. The third-order valence-corrected chi connectivity index (χ3v) is 6.06. The number of hydrogen-bond donors (Lipinski definition) is 1. The van der Waals surface area contributed by atoms with E-state index in [1.165, 1.54) is 0 Å². The molecule has 202 valence electrons. The molecule has 8 heteroatoms. The first-order valence-electron chi connectivity index (χ1n) is 12.8. The summed E-state index contributed by atoms with van der Waals surface area (Å²) in [6, 6.07) is 19.7. The van der Waals surface area contributed by atoms with Crippen LogP contribution in [0, 0.1) is 17.2 Å². The number of hydrogen-bond acceptors (Lipinski definition) is 8. The summed E-state index contributed by atoms with van der Waals surface area (Å²) in [6.07, 6.45) is 0.811. The van der Waals surface area contributed by atoms with E-state index in [1.54, 1.807) is 49.6 Å². The number of esters is 1. The zero-order valence-corrected chi connectivity index (χ0v) is 22.5. The molecule has 0 saturated carbocycles. The largest absolute Gasteiger partial charge is 0.493 e. The average Bonchev–Trinajstić information content (AvgIpc) is 2.94. The SMILES string of the molecule is CCCOc1ccccc1C(=O)Oc1ccc2c(c1)OC(N)=C(C#N)C2c1ccc(OCC(C)C)c(OC)c1. The predicted molar refractivity (Wildman–Crippen MR) is 146 cm³/mol. The van der Waals surface area contributed by atoms with Crippen molar-refractivity contribution in [3.63, 3.8) is 0 Å². The van der Waals surface area contributed by atoms with Crippen molar-refractivity contribution in [2.24, 2.45) is 11.7 Å². The summed E-state index contributed by atoms with van der Waals surface area (Å²) < 4.78 is 28.6. The van der Waals surface area contributed by atoms with Crippen LogP contribution < -0.4 is 29.4 Å². The highest BCUT2D eigenvalue weighted by atomic mass is 16.5. The van der Waals surface area contributed by atoms with E-state index in [2.05, 4.69) is 19.9 Å². The predicted octanol–water partition coefficient (Wildman–Crippen LogP) is 5.96. The molecule has 3 aromatic rings. The molecule has 0 amide bonds. The van der Waals surface area contributed by atoms with Gasteiger partial charge in [0.05, 0.1) is 26.2 Å². The summed E-state index contributed by atoms with van der Waals surface area (Å²) in [5, 5.41) is 9.93. The van der Waals surface area contributed by atoms with Gasteiger partial charge in [-0.25, -0.2) is 4.79 Å². The van der Waals surface area contributed by atoms with Gasteiger partial charge in [-0.2, -0.15) is 5.26 Å². The van der Waals surface area contributed by atoms with Gasteiger partial charge in [-0.1, -0.05) is 45.0 Å². The number of benzene rings is 3. The molecule has 0 spiro atoms. The van der Waals surface area contributed by atoms with Gasteiger partial charge in [0, 0.05) is 11.6 Å². The number of carbonyl (C=O) groups excluding carboxylic acids is 1. The van der Waals surface area contributed by atoms with Gasteiger partial charge in [0.15, 0.2) is 11.5 Å². The summed E-state index contributed by atoms with van der Waals surface area (Å²) in [5.74, 6) is 1.54. The van der Waals surface area contributed by atoms with Crippen LogP contribution in [0.2, 0.25) is 0 Å². The van der Waals surface area contributed by atoms with Crippen LogP contribution in [0.3, 0.4) is 0 Å². The molecule has 8 nitrogen and oxygen atoms in total. The smallest absolute Gasteiger partial charge is 0.347 e. The Balaban J connectivity index is 1.65. The van der Waals surface area contributed by atoms with Crippen molar-refractivity contribution in [3.8, 4) is 34.8 Å². The molecular weight excluding hydrogens is 496 g/mol. The van der Waals surface area contributed by atoms with Gasteiger partial charge in [0.2, 0.25) is 5.88 Å². The summed E-state index contributed by atoms with van der Waals surface area (Å²) in [7, 11) is 1.57. The van der Waals surface area contributed by atoms with Gasteiger partial charge in [-0.15, -0.1) is 0 Å². The maximum Gasteiger partial charge on any atom is 0.347 e. The average molecular weight is 529 g/mol. The molecule has 3 aromatic carbocycles. The van der Waals surface area contributed by atoms with E-state index in [0.29, 0.717) is 53.3 Å². The molecule has 1 heterocycles. The molecule has 1 aliphatic heterocycles. The first-order chi connectivity index (χ1) is 18.9. The number of allylic oxidation sites excluding steroid dienone is 1. The van der Waals surface area contributed by atoms with Crippen molar-refractivity contribution in [2.45, 2.75) is 33.1 Å². The topological polar surface area (TPSA) is 113 Å². The van der Waals surface area contributed by atoms with Gasteiger partial charge in [0.25, 0.3) is 0 Å².